The van der Waals surface area contributed by atoms with Crippen molar-refractivity contribution in [1.82, 2.24) is 0 Å². The molecular weight excluding hydrogens is 436 g/mol. The molecule has 1 heterocycles. The molecule has 0 bridgehead atoms. The van der Waals surface area contributed by atoms with Crippen LogP contribution >= 0.6 is 11.6 Å². The van der Waals surface area contributed by atoms with E-state index in [-0.39, 0.29) is 0 Å². The Kier molecular flexibility index (Phi) is 4.27. The van der Waals surface area contributed by atoms with E-state index in [1.807, 2.05) is 18.2 Å². The summed E-state index contributed by atoms with van der Waals surface area (Å²) in [5.41, 5.74) is 6.40. The molecule has 7 rings (SSSR count). The third-order valence-electron chi connectivity index (χ3n) is 6.73. The number of fused-ring (bicyclic) bond motifs is 6. The molecule has 2 heteroatoms. The molecule has 0 saturated heterocycles. The van der Waals surface area contributed by atoms with Gasteiger partial charge in [-0.1, -0.05) is 90.5 Å². The molecule has 0 spiro atoms. The summed E-state index contributed by atoms with van der Waals surface area (Å²) in [6, 6.07) is 40.3. The Labute approximate surface area is 201 Å². The minimum atomic E-state index is 0.723. The van der Waals surface area contributed by atoms with Crippen molar-refractivity contribution in [1.29, 1.82) is 0 Å². The molecule has 0 unspecified atom stereocenters. The number of benzene rings is 6. The highest BCUT2D eigenvalue weighted by atomic mass is 35.5. The van der Waals surface area contributed by atoms with Gasteiger partial charge in [-0.2, -0.15) is 0 Å². The quantitative estimate of drug-likeness (QED) is 0.237. The van der Waals surface area contributed by atoms with Crippen molar-refractivity contribution in [3.05, 3.63) is 120 Å². The van der Waals surface area contributed by atoms with Crippen LogP contribution < -0.4 is 0 Å². The van der Waals surface area contributed by atoms with Gasteiger partial charge in [0.05, 0.1) is 0 Å². The molecule has 0 aliphatic heterocycles. The number of furan rings is 1. The van der Waals surface area contributed by atoms with Crippen molar-refractivity contribution in [2.75, 3.05) is 0 Å². The van der Waals surface area contributed by atoms with Gasteiger partial charge in [0.25, 0.3) is 0 Å². The first kappa shape index (κ1) is 19.4. The van der Waals surface area contributed by atoms with E-state index in [2.05, 4.69) is 97.1 Å². The first-order chi connectivity index (χ1) is 16.8. The van der Waals surface area contributed by atoms with E-state index in [0.717, 1.165) is 38.1 Å². The van der Waals surface area contributed by atoms with Crippen LogP contribution in [0.4, 0.5) is 0 Å². The maximum atomic E-state index is 6.54. The average Bonchev–Trinajstić information content (AvgIpc) is 3.26. The number of halogens is 1. The molecule has 1 nitrogen and oxygen atoms in total. The van der Waals surface area contributed by atoms with E-state index in [9.17, 15) is 0 Å². The lowest BCUT2D eigenvalue weighted by molar-refractivity contribution is 0.669. The van der Waals surface area contributed by atoms with E-state index in [4.69, 9.17) is 16.0 Å². The van der Waals surface area contributed by atoms with E-state index in [1.165, 1.54) is 32.7 Å². The Balaban J connectivity index is 1.54. The summed E-state index contributed by atoms with van der Waals surface area (Å²) in [6.45, 7) is 0. The fourth-order valence-electron chi connectivity index (χ4n) is 5.16. The van der Waals surface area contributed by atoms with Crippen molar-refractivity contribution < 1.29 is 4.42 Å². The van der Waals surface area contributed by atoms with Crippen LogP contribution in [0, 0.1) is 0 Å². The van der Waals surface area contributed by atoms with Crippen molar-refractivity contribution >= 4 is 55.1 Å². The molecule has 7 aromatic rings. The van der Waals surface area contributed by atoms with Crippen LogP contribution in [0.2, 0.25) is 5.02 Å². The van der Waals surface area contributed by atoms with Crippen molar-refractivity contribution in [3.63, 3.8) is 0 Å². The fraction of sp³-hybridized carbons (Fsp3) is 0. The Bertz CT molecular complexity index is 1880. The van der Waals surface area contributed by atoms with Crippen LogP contribution in [-0.4, -0.2) is 0 Å². The van der Waals surface area contributed by atoms with Crippen LogP contribution in [0.25, 0.3) is 65.7 Å². The minimum Gasteiger partial charge on any atom is -0.456 e. The average molecular weight is 455 g/mol. The third-order valence-corrected chi connectivity index (χ3v) is 6.96. The van der Waals surface area contributed by atoms with E-state index in [1.54, 1.807) is 0 Å². The molecule has 0 saturated carbocycles. The molecule has 0 atom stereocenters. The highest BCUT2D eigenvalue weighted by Gasteiger charge is 2.15. The van der Waals surface area contributed by atoms with Crippen LogP contribution in [-0.2, 0) is 0 Å². The molecule has 160 valence electrons. The van der Waals surface area contributed by atoms with Gasteiger partial charge in [-0.05, 0) is 80.2 Å². The lowest BCUT2D eigenvalue weighted by atomic mass is 9.89. The van der Waals surface area contributed by atoms with Crippen LogP contribution in [0.3, 0.4) is 0 Å². The van der Waals surface area contributed by atoms with Crippen LogP contribution in [0.1, 0.15) is 0 Å². The number of para-hydroxylation sites is 1. The summed E-state index contributed by atoms with van der Waals surface area (Å²) >= 11 is 6.54. The van der Waals surface area contributed by atoms with Crippen molar-refractivity contribution in [2.24, 2.45) is 0 Å². The summed E-state index contributed by atoms with van der Waals surface area (Å²) in [4.78, 5) is 0. The Hall–Kier alpha value is -4.07. The number of rotatable bonds is 2. The van der Waals surface area contributed by atoms with Gasteiger partial charge < -0.3 is 4.42 Å². The zero-order chi connectivity index (χ0) is 22.6. The van der Waals surface area contributed by atoms with Crippen molar-refractivity contribution in [2.45, 2.75) is 0 Å². The molecule has 0 radical (unpaired) electrons. The second-order valence-corrected chi connectivity index (χ2v) is 9.13. The largest absolute Gasteiger partial charge is 0.456 e. The Morgan fingerprint density at radius 3 is 2.03 bits per heavy atom. The van der Waals surface area contributed by atoms with Crippen LogP contribution in [0.15, 0.2) is 120 Å². The predicted molar refractivity (Wildman–Crippen MR) is 145 cm³/mol. The predicted octanol–water partition coefficient (Wildman–Crippen LogP) is 9.88. The summed E-state index contributed by atoms with van der Waals surface area (Å²) in [5, 5.41) is 7.95. The molecule has 1 aromatic heterocycles. The smallest absolute Gasteiger partial charge is 0.135 e. The third kappa shape index (κ3) is 2.95. The Morgan fingerprint density at radius 1 is 0.441 bits per heavy atom. The molecule has 6 aromatic carbocycles. The standard InChI is InChI=1S/C32H19ClO/c33-22-14-15-26(29-17-20-7-1-2-8-23(20)24-9-3-4-10-25(24)29)28(19-22)21-13-16-32-30(18-21)27-11-5-6-12-31(27)34-32/h1-19H. The summed E-state index contributed by atoms with van der Waals surface area (Å²) in [7, 11) is 0. The lowest BCUT2D eigenvalue weighted by Gasteiger charge is -2.15. The van der Waals surface area contributed by atoms with Gasteiger partial charge in [0.1, 0.15) is 11.2 Å². The van der Waals surface area contributed by atoms with Gasteiger partial charge in [-0.15, -0.1) is 0 Å². The first-order valence-electron chi connectivity index (χ1n) is 11.4. The molecular formula is C32H19ClO. The zero-order valence-corrected chi connectivity index (χ0v) is 19.0. The SMILES string of the molecule is Clc1ccc(-c2cc3ccccc3c3ccccc23)c(-c2ccc3oc4ccccc4c3c2)c1. The normalized spacial score (nSPS) is 11.7. The molecule has 0 amide bonds. The fourth-order valence-corrected chi connectivity index (χ4v) is 5.33. The molecule has 0 aliphatic carbocycles. The van der Waals surface area contributed by atoms with Gasteiger partial charge in [0, 0.05) is 15.8 Å². The monoisotopic (exact) mass is 454 g/mol. The second-order valence-electron chi connectivity index (χ2n) is 8.69. The highest BCUT2D eigenvalue weighted by Crippen LogP contribution is 2.42. The zero-order valence-electron chi connectivity index (χ0n) is 18.3. The van der Waals surface area contributed by atoms with E-state index >= 15 is 0 Å². The molecule has 0 N–H and O–H groups in total. The first-order valence-corrected chi connectivity index (χ1v) is 11.8. The van der Waals surface area contributed by atoms with Gasteiger partial charge in [-0.3, -0.25) is 0 Å². The number of hydrogen-bond donors (Lipinski definition) is 0. The number of hydrogen-bond acceptors (Lipinski definition) is 1. The maximum Gasteiger partial charge on any atom is 0.135 e. The summed E-state index contributed by atoms with van der Waals surface area (Å²) in [5.74, 6) is 0. The van der Waals surface area contributed by atoms with Gasteiger partial charge >= 0.3 is 0 Å². The van der Waals surface area contributed by atoms with Gasteiger partial charge in [0.15, 0.2) is 0 Å². The highest BCUT2D eigenvalue weighted by molar-refractivity contribution is 6.31. The maximum absolute atomic E-state index is 6.54. The van der Waals surface area contributed by atoms with Gasteiger partial charge in [-0.25, -0.2) is 0 Å². The molecule has 34 heavy (non-hydrogen) atoms. The Morgan fingerprint density at radius 2 is 1.15 bits per heavy atom. The van der Waals surface area contributed by atoms with Crippen LogP contribution in [0.5, 0.6) is 0 Å². The molecule has 0 fully saturated rings. The topological polar surface area (TPSA) is 13.1 Å². The minimum absolute atomic E-state index is 0.723. The second kappa shape index (κ2) is 7.48. The van der Waals surface area contributed by atoms with E-state index < -0.39 is 0 Å². The van der Waals surface area contributed by atoms with E-state index in [0.29, 0.717) is 0 Å². The summed E-state index contributed by atoms with van der Waals surface area (Å²) in [6.07, 6.45) is 0. The van der Waals surface area contributed by atoms with Crippen molar-refractivity contribution in [3.8, 4) is 22.3 Å². The lowest BCUT2D eigenvalue weighted by Crippen LogP contribution is -1.89. The van der Waals surface area contributed by atoms with Gasteiger partial charge in [0.2, 0.25) is 0 Å². The molecule has 0 aliphatic rings. The summed E-state index contributed by atoms with van der Waals surface area (Å²) < 4.78 is 6.06.